The third-order valence-corrected chi connectivity index (χ3v) is 2.71. The summed E-state index contributed by atoms with van der Waals surface area (Å²) < 4.78 is 0. The Labute approximate surface area is 93.6 Å². The molecule has 1 saturated heterocycles. The van der Waals surface area contributed by atoms with Gasteiger partial charge >= 0.3 is 0 Å². The SMILES string of the molecule is C=C/C=C(\C=C\C)CN1CCN(C)CC1. The van der Waals surface area contributed by atoms with Crippen LogP contribution in [0.5, 0.6) is 0 Å². The van der Waals surface area contributed by atoms with Crippen LogP contribution >= 0.6 is 0 Å². The van der Waals surface area contributed by atoms with Crippen LogP contribution in [0.15, 0.2) is 36.5 Å². The first-order valence-electron chi connectivity index (χ1n) is 5.61. The Bertz CT molecular complexity index is 245. The number of rotatable bonds is 4. The van der Waals surface area contributed by atoms with Gasteiger partial charge in [-0.25, -0.2) is 0 Å². The lowest BCUT2D eigenvalue weighted by atomic mass is 10.2. The van der Waals surface area contributed by atoms with Crippen molar-refractivity contribution >= 4 is 0 Å². The number of hydrogen-bond donors (Lipinski definition) is 0. The summed E-state index contributed by atoms with van der Waals surface area (Å²) >= 11 is 0. The Balaban J connectivity index is 2.44. The number of piperazine rings is 1. The van der Waals surface area contributed by atoms with Gasteiger partial charge in [-0.2, -0.15) is 0 Å². The molecule has 1 aliphatic heterocycles. The van der Waals surface area contributed by atoms with E-state index < -0.39 is 0 Å². The summed E-state index contributed by atoms with van der Waals surface area (Å²) in [5.41, 5.74) is 1.34. The van der Waals surface area contributed by atoms with E-state index in [0.29, 0.717) is 0 Å². The molecule has 0 unspecified atom stereocenters. The molecular weight excluding hydrogens is 184 g/mol. The lowest BCUT2D eigenvalue weighted by Crippen LogP contribution is -2.44. The van der Waals surface area contributed by atoms with E-state index in [0.717, 1.165) is 6.54 Å². The van der Waals surface area contributed by atoms with Gasteiger partial charge < -0.3 is 4.90 Å². The van der Waals surface area contributed by atoms with E-state index in [9.17, 15) is 0 Å². The number of hydrogen-bond acceptors (Lipinski definition) is 2. The predicted molar refractivity (Wildman–Crippen MR) is 67.0 cm³/mol. The topological polar surface area (TPSA) is 6.48 Å². The average Bonchev–Trinajstić information content (AvgIpc) is 2.22. The van der Waals surface area contributed by atoms with Gasteiger partial charge in [0.25, 0.3) is 0 Å². The van der Waals surface area contributed by atoms with Crippen molar-refractivity contribution in [2.45, 2.75) is 6.92 Å². The van der Waals surface area contributed by atoms with Crippen LogP contribution in [-0.4, -0.2) is 49.6 Å². The largest absolute Gasteiger partial charge is 0.304 e. The molecule has 0 aromatic rings. The van der Waals surface area contributed by atoms with Crippen LogP contribution in [0.3, 0.4) is 0 Å². The second-order valence-corrected chi connectivity index (χ2v) is 4.06. The molecule has 0 saturated carbocycles. The molecule has 0 radical (unpaired) electrons. The predicted octanol–water partition coefficient (Wildman–Crippen LogP) is 1.92. The second kappa shape index (κ2) is 6.59. The van der Waals surface area contributed by atoms with E-state index in [1.807, 2.05) is 6.08 Å². The zero-order chi connectivity index (χ0) is 11.1. The maximum atomic E-state index is 3.75. The Morgan fingerprint density at radius 3 is 2.47 bits per heavy atom. The lowest BCUT2D eigenvalue weighted by Gasteiger charge is -2.32. The molecule has 1 rings (SSSR count). The first-order valence-corrected chi connectivity index (χ1v) is 5.61. The molecule has 84 valence electrons. The minimum absolute atomic E-state index is 1.05. The van der Waals surface area contributed by atoms with Crippen molar-refractivity contribution in [3.8, 4) is 0 Å². The van der Waals surface area contributed by atoms with Crippen LogP contribution in [-0.2, 0) is 0 Å². The van der Waals surface area contributed by atoms with E-state index in [1.165, 1.54) is 31.8 Å². The summed E-state index contributed by atoms with van der Waals surface area (Å²) in [7, 11) is 2.18. The van der Waals surface area contributed by atoms with Gasteiger partial charge in [-0.1, -0.05) is 30.9 Å². The monoisotopic (exact) mass is 206 g/mol. The Hall–Kier alpha value is -0.860. The van der Waals surface area contributed by atoms with Crippen molar-refractivity contribution in [3.63, 3.8) is 0 Å². The Morgan fingerprint density at radius 2 is 1.93 bits per heavy atom. The molecule has 0 aromatic heterocycles. The number of likely N-dealkylation sites (N-methyl/N-ethyl adjacent to an activating group) is 1. The first-order chi connectivity index (χ1) is 7.26. The van der Waals surface area contributed by atoms with Crippen molar-refractivity contribution in [1.29, 1.82) is 0 Å². The molecule has 1 heterocycles. The van der Waals surface area contributed by atoms with E-state index in [1.54, 1.807) is 0 Å². The standard InChI is InChI=1S/C13H22N2/c1-4-6-13(7-5-2)12-15-10-8-14(3)9-11-15/h4-7H,1,8-12H2,2-3H3/b7-5+,13-6+. The molecule has 2 heteroatoms. The van der Waals surface area contributed by atoms with Gasteiger partial charge in [-0.05, 0) is 19.5 Å². The molecule has 15 heavy (non-hydrogen) atoms. The molecule has 0 aromatic carbocycles. The summed E-state index contributed by atoms with van der Waals surface area (Å²) in [4.78, 5) is 4.87. The zero-order valence-electron chi connectivity index (χ0n) is 9.95. The zero-order valence-corrected chi connectivity index (χ0v) is 9.95. The van der Waals surface area contributed by atoms with Gasteiger partial charge in [0.1, 0.15) is 0 Å². The highest BCUT2D eigenvalue weighted by Gasteiger charge is 2.13. The molecular formula is C13H22N2. The van der Waals surface area contributed by atoms with Crippen molar-refractivity contribution in [2.75, 3.05) is 39.8 Å². The van der Waals surface area contributed by atoms with Crippen LogP contribution in [0.2, 0.25) is 0 Å². The van der Waals surface area contributed by atoms with Crippen LogP contribution in [0, 0.1) is 0 Å². The van der Waals surface area contributed by atoms with E-state index in [4.69, 9.17) is 0 Å². The molecule has 1 aliphatic rings. The summed E-state index contributed by atoms with van der Waals surface area (Å²) in [6.45, 7) is 11.5. The van der Waals surface area contributed by atoms with E-state index in [2.05, 4.69) is 48.6 Å². The third kappa shape index (κ3) is 4.45. The fraction of sp³-hybridized carbons (Fsp3) is 0.538. The van der Waals surface area contributed by atoms with Crippen molar-refractivity contribution in [2.24, 2.45) is 0 Å². The maximum absolute atomic E-state index is 3.75. The third-order valence-electron chi connectivity index (χ3n) is 2.71. The molecule has 0 amide bonds. The number of nitrogens with zero attached hydrogens (tertiary/aromatic N) is 2. The normalized spacial score (nSPS) is 21.1. The minimum atomic E-state index is 1.05. The van der Waals surface area contributed by atoms with Crippen LogP contribution in [0.25, 0.3) is 0 Å². The quantitative estimate of drug-likeness (QED) is 0.648. The first kappa shape index (κ1) is 12.2. The smallest absolute Gasteiger partial charge is 0.0234 e. The molecule has 2 nitrogen and oxygen atoms in total. The molecule has 0 aliphatic carbocycles. The summed E-state index contributed by atoms with van der Waals surface area (Å²) in [5.74, 6) is 0. The van der Waals surface area contributed by atoms with Gasteiger partial charge in [-0.3, -0.25) is 4.90 Å². The fourth-order valence-corrected chi connectivity index (χ4v) is 1.79. The highest BCUT2D eigenvalue weighted by Crippen LogP contribution is 2.05. The molecule has 1 fully saturated rings. The molecule has 0 spiro atoms. The fourth-order valence-electron chi connectivity index (χ4n) is 1.79. The van der Waals surface area contributed by atoms with Gasteiger partial charge in [-0.15, -0.1) is 0 Å². The van der Waals surface area contributed by atoms with Crippen molar-refractivity contribution < 1.29 is 0 Å². The van der Waals surface area contributed by atoms with Crippen molar-refractivity contribution in [1.82, 2.24) is 9.80 Å². The summed E-state index contributed by atoms with van der Waals surface area (Å²) in [6.07, 6.45) is 8.22. The Morgan fingerprint density at radius 1 is 1.27 bits per heavy atom. The van der Waals surface area contributed by atoms with Gasteiger partial charge in [0.05, 0.1) is 0 Å². The number of allylic oxidation sites excluding steroid dienone is 3. The Kier molecular flexibility index (Phi) is 5.37. The average molecular weight is 206 g/mol. The molecule has 0 N–H and O–H groups in total. The lowest BCUT2D eigenvalue weighted by molar-refractivity contribution is 0.165. The molecule has 0 bridgehead atoms. The summed E-state index contributed by atoms with van der Waals surface area (Å²) in [5, 5.41) is 0. The second-order valence-electron chi connectivity index (χ2n) is 4.06. The highest BCUT2D eigenvalue weighted by molar-refractivity contribution is 5.24. The van der Waals surface area contributed by atoms with Gasteiger partial charge in [0.2, 0.25) is 0 Å². The van der Waals surface area contributed by atoms with Crippen LogP contribution in [0.4, 0.5) is 0 Å². The van der Waals surface area contributed by atoms with E-state index in [-0.39, 0.29) is 0 Å². The van der Waals surface area contributed by atoms with Crippen LogP contribution in [0.1, 0.15) is 6.92 Å². The van der Waals surface area contributed by atoms with Gasteiger partial charge in [0, 0.05) is 32.7 Å². The minimum Gasteiger partial charge on any atom is -0.304 e. The van der Waals surface area contributed by atoms with Crippen LogP contribution < -0.4 is 0 Å². The van der Waals surface area contributed by atoms with E-state index >= 15 is 0 Å². The van der Waals surface area contributed by atoms with Gasteiger partial charge in [0.15, 0.2) is 0 Å². The van der Waals surface area contributed by atoms with Crippen molar-refractivity contribution in [3.05, 3.63) is 36.5 Å². The highest BCUT2D eigenvalue weighted by atomic mass is 15.2. The maximum Gasteiger partial charge on any atom is 0.0234 e. The molecule has 0 atom stereocenters. The summed E-state index contributed by atoms with van der Waals surface area (Å²) in [6, 6.07) is 0.